The lowest BCUT2D eigenvalue weighted by atomic mass is 9.72. The zero-order valence-corrected chi connectivity index (χ0v) is 26.9. The molecule has 2 aromatic carbocycles. The molecule has 0 amide bonds. The normalized spacial score (nSPS) is 19.0. The Balaban J connectivity index is 0.000000365. The first-order chi connectivity index (χ1) is 20.7. The maximum absolute atomic E-state index is 13.0. The van der Waals surface area contributed by atoms with E-state index in [2.05, 4.69) is 51.6 Å². The number of rotatable bonds is 10. The summed E-state index contributed by atoms with van der Waals surface area (Å²) in [6.07, 6.45) is 10.8. The van der Waals surface area contributed by atoms with Crippen molar-refractivity contribution in [2.45, 2.75) is 98.8 Å². The molecule has 0 fully saturated rings. The molecule has 0 bridgehead atoms. The second-order valence-corrected chi connectivity index (χ2v) is 11.0. The minimum absolute atomic E-state index is 0.0463. The third kappa shape index (κ3) is 9.19. The number of aryl methyl sites for hydroxylation is 1. The number of carbonyl (C=O) groups excluding carboxylic acids is 4. The van der Waals surface area contributed by atoms with Crippen LogP contribution >= 0.6 is 0 Å². The van der Waals surface area contributed by atoms with Crippen LogP contribution < -0.4 is 0 Å². The maximum Gasteiger partial charge on any atom is 0.320 e. The van der Waals surface area contributed by atoms with E-state index in [9.17, 15) is 19.2 Å². The van der Waals surface area contributed by atoms with Crippen LogP contribution in [0, 0.1) is 12.3 Å². The van der Waals surface area contributed by atoms with Crippen LogP contribution in [0.25, 0.3) is 16.3 Å². The maximum atomic E-state index is 13.0. The average Bonchev–Trinajstić information content (AvgIpc) is 3.05. The van der Waals surface area contributed by atoms with Crippen LogP contribution in [0.2, 0.25) is 0 Å². The number of fused-ring (bicyclic) bond motifs is 2. The first-order valence-corrected chi connectivity index (χ1v) is 15.8. The summed E-state index contributed by atoms with van der Waals surface area (Å²) in [5.74, 6) is -0.0538. The van der Waals surface area contributed by atoms with Crippen molar-refractivity contribution in [2.75, 3.05) is 6.61 Å². The molecule has 0 aromatic heterocycles. The highest BCUT2D eigenvalue weighted by atomic mass is 16.5. The van der Waals surface area contributed by atoms with Gasteiger partial charge in [0.25, 0.3) is 0 Å². The number of hydrogen-bond donors (Lipinski definition) is 0. The molecular weight excluding hydrogens is 536 g/mol. The van der Waals surface area contributed by atoms with Crippen LogP contribution in [-0.2, 0) is 30.3 Å². The monoisotopic (exact) mass is 585 g/mol. The molecule has 5 nitrogen and oxygen atoms in total. The third-order valence-electron chi connectivity index (χ3n) is 8.11. The Kier molecular flexibility index (Phi) is 14.5. The van der Waals surface area contributed by atoms with Crippen molar-refractivity contribution >= 4 is 39.7 Å². The minimum atomic E-state index is -0.966. The second kappa shape index (κ2) is 17.5. The van der Waals surface area contributed by atoms with Crippen LogP contribution in [0.15, 0.2) is 66.3 Å². The van der Waals surface area contributed by atoms with Gasteiger partial charge in [-0.05, 0) is 71.7 Å². The van der Waals surface area contributed by atoms with Gasteiger partial charge < -0.3 is 4.74 Å². The number of esters is 1. The standard InChI is InChI=1S/C25H24O3.C11H19O2.C2H6/c1-4-25(5-2)22-12-16(3)20-14-18-9-7-6-8-17(18)13-19(20)10-11-23(26)21(22)15-28-24(25)27;1-3-4-5-8-11(13)9-6-7-10(2)12;1-2/h4,6-9,12-14H,1,5,10-11,15H2,2-3H3;2-9H2,1H3;1-2H3/b16-12+;;/t25-;;/m1../s1. The molecule has 0 N–H and O–H groups in total. The molecule has 1 atom stereocenters. The van der Waals surface area contributed by atoms with Gasteiger partial charge in [-0.2, -0.15) is 0 Å². The van der Waals surface area contributed by atoms with Crippen molar-refractivity contribution in [1.82, 2.24) is 0 Å². The highest BCUT2D eigenvalue weighted by Gasteiger charge is 2.44. The summed E-state index contributed by atoms with van der Waals surface area (Å²) in [4.78, 5) is 47.4. The molecule has 231 valence electrons. The fourth-order valence-electron chi connectivity index (χ4n) is 5.58. The van der Waals surface area contributed by atoms with E-state index in [4.69, 9.17) is 4.74 Å². The quantitative estimate of drug-likeness (QED) is 0.158. The summed E-state index contributed by atoms with van der Waals surface area (Å²) in [6, 6.07) is 12.6. The Hall–Kier alpha value is -3.60. The predicted octanol–water partition coefficient (Wildman–Crippen LogP) is 8.93. The number of cyclic esters (lactones) is 1. The van der Waals surface area contributed by atoms with E-state index in [1.807, 2.05) is 39.0 Å². The number of ketones is 3. The first kappa shape index (κ1) is 35.6. The molecule has 0 unspecified atom stereocenters. The van der Waals surface area contributed by atoms with Crippen molar-refractivity contribution in [3.63, 3.8) is 0 Å². The fraction of sp³-hybridized carbons (Fsp3) is 0.447. The van der Waals surface area contributed by atoms with Gasteiger partial charge in [-0.25, -0.2) is 0 Å². The molecule has 1 aliphatic heterocycles. The lowest BCUT2D eigenvalue weighted by Gasteiger charge is -2.34. The van der Waals surface area contributed by atoms with Crippen LogP contribution in [0.3, 0.4) is 0 Å². The molecule has 1 aliphatic carbocycles. The lowest BCUT2D eigenvalue weighted by Crippen LogP contribution is -2.39. The molecular formula is C38H49O5. The topological polar surface area (TPSA) is 77.5 Å². The molecule has 0 saturated heterocycles. The number of Topliss-reactive ketones (excluding diaryl/α,β-unsaturated/α-hetero) is 3. The Morgan fingerprint density at radius 1 is 0.953 bits per heavy atom. The molecule has 0 saturated carbocycles. The summed E-state index contributed by atoms with van der Waals surface area (Å²) in [5.41, 5.74) is 3.74. The van der Waals surface area contributed by atoms with Gasteiger partial charge in [-0.1, -0.05) is 83.0 Å². The summed E-state index contributed by atoms with van der Waals surface area (Å²) >= 11 is 0. The molecule has 4 rings (SSSR count). The third-order valence-corrected chi connectivity index (χ3v) is 8.11. The van der Waals surface area contributed by atoms with Gasteiger partial charge in [0.1, 0.15) is 23.6 Å². The van der Waals surface area contributed by atoms with Gasteiger partial charge in [0.15, 0.2) is 5.78 Å². The number of unbranched alkanes of at least 4 members (excludes halogenated alkanes) is 2. The summed E-state index contributed by atoms with van der Waals surface area (Å²) in [7, 11) is 0. The van der Waals surface area contributed by atoms with E-state index in [1.54, 1.807) is 6.08 Å². The van der Waals surface area contributed by atoms with Crippen LogP contribution in [0.1, 0.15) is 104 Å². The van der Waals surface area contributed by atoms with Crippen molar-refractivity contribution in [2.24, 2.45) is 5.41 Å². The second-order valence-electron chi connectivity index (χ2n) is 11.0. The van der Waals surface area contributed by atoms with E-state index in [0.29, 0.717) is 50.5 Å². The molecule has 5 heteroatoms. The summed E-state index contributed by atoms with van der Waals surface area (Å²) in [5, 5.41) is 2.34. The molecule has 0 spiro atoms. The van der Waals surface area contributed by atoms with Crippen LogP contribution in [-0.4, -0.2) is 29.9 Å². The van der Waals surface area contributed by atoms with Gasteiger partial charge in [0.2, 0.25) is 0 Å². The van der Waals surface area contributed by atoms with Gasteiger partial charge in [-0.15, -0.1) is 6.58 Å². The number of ether oxygens (including phenoxy) is 1. The minimum Gasteiger partial charge on any atom is -0.460 e. The van der Waals surface area contributed by atoms with E-state index in [0.717, 1.165) is 41.5 Å². The number of benzene rings is 2. The van der Waals surface area contributed by atoms with E-state index < -0.39 is 5.41 Å². The highest BCUT2D eigenvalue weighted by molar-refractivity contribution is 6.02. The first-order valence-electron chi connectivity index (χ1n) is 15.8. The van der Waals surface area contributed by atoms with Gasteiger partial charge in [0, 0.05) is 38.2 Å². The van der Waals surface area contributed by atoms with Crippen LogP contribution in [0.5, 0.6) is 0 Å². The van der Waals surface area contributed by atoms with Crippen LogP contribution in [0.4, 0.5) is 0 Å². The summed E-state index contributed by atoms with van der Waals surface area (Å²) in [6.45, 7) is 17.3. The number of allylic oxidation sites excluding steroid dienone is 2. The fourth-order valence-corrected chi connectivity index (χ4v) is 5.58. The Labute approximate surface area is 258 Å². The zero-order chi connectivity index (χ0) is 32.0. The highest BCUT2D eigenvalue weighted by Crippen LogP contribution is 2.43. The average molecular weight is 586 g/mol. The summed E-state index contributed by atoms with van der Waals surface area (Å²) < 4.78 is 5.41. The zero-order valence-electron chi connectivity index (χ0n) is 26.9. The van der Waals surface area contributed by atoms with Gasteiger partial charge in [0.05, 0.1) is 0 Å². The Morgan fingerprint density at radius 2 is 1.60 bits per heavy atom. The van der Waals surface area contributed by atoms with Crippen molar-refractivity contribution in [1.29, 1.82) is 0 Å². The van der Waals surface area contributed by atoms with E-state index in [-0.39, 0.29) is 29.9 Å². The van der Waals surface area contributed by atoms with E-state index in [1.165, 1.54) is 10.8 Å². The molecule has 1 heterocycles. The number of carbonyl (C=O) groups is 4. The smallest absolute Gasteiger partial charge is 0.320 e. The number of hydrogen-bond acceptors (Lipinski definition) is 5. The SMILES string of the molecule is C=C[C@]1(CC)C(=O)OCC2=C1/C=C(\C)c1cc3ccccc3cc1CCC2=O.CC.[CH2]C(=O)CCCC(=O)CCCCC. The lowest BCUT2D eigenvalue weighted by molar-refractivity contribution is -0.152. The Bertz CT molecular complexity index is 1380. The molecule has 2 aromatic rings. The van der Waals surface area contributed by atoms with Gasteiger partial charge >= 0.3 is 5.97 Å². The van der Waals surface area contributed by atoms with E-state index >= 15 is 0 Å². The van der Waals surface area contributed by atoms with Gasteiger partial charge in [-0.3, -0.25) is 19.2 Å². The van der Waals surface area contributed by atoms with Crippen molar-refractivity contribution in [3.8, 4) is 0 Å². The predicted molar refractivity (Wildman–Crippen MR) is 177 cm³/mol. The molecule has 43 heavy (non-hydrogen) atoms. The molecule has 1 radical (unpaired) electrons. The molecule has 2 aliphatic rings. The largest absolute Gasteiger partial charge is 0.460 e. The van der Waals surface area contributed by atoms with Crippen molar-refractivity contribution < 1.29 is 23.9 Å². The Morgan fingerprint density at radius 3 is 2.21 bits per heavy atom. The van der Waals surface area contributed by atoms with Crippen molar-refractivity contribution in [3.05, 3.63) is 84.3 Å².